The van der Waals surface area contributed by atoms with Crippen molar-refractivity contribution >= 4 is 23.7 Å². The molecule has 4 aliphatic rings. The second kappa shape index (κ2) is 14.1. The van der Waals surface area contributed by atoms with E-state index < -0.39 is 47.7 Å². The van der Waals surface area contributed by atoms with Gasteiger partial charge in [0.25, 0.3) is 0 Å². The Hall–Kier alpha value is -2.80. The number of esters is 1. The second-order valence-corrected chi connectivity index (χ2v) is 11.7. The molecule has 0 aromatic carbocycles. The fourth-order valence-electron chi connectivity index (χ4n) is 6.81. The minimum Gasteiger partial charge on any atom is -0.460 e. The first-order valence-corrected chi connectivity index (χ1v) is 15.1. The van der Waals surface area contributed by atoms with Gasteiger partial charge in [-0.3, -0.25) is 24.1 Å². The van der Waals surface area contributed by atoms with Crippen molar-refractivity contribution in [2.75, 3.05) is 59.1 Å². The Bertz CT molecular complexity index is 1030. The molecule has 4 heterocycles. The molecule has 0 aromatic rings. The van der Waals surface area contributed by atoms with Crippen LogP contribution in [0, 0.1) is 11.8 Å². The van der Waals surface area contributed by atoms with Crippen molar-refractivity contribution in [1.82, 2.24) is 20.0 Å². The van der Waals surface area contributed by atoms with Gasteiger partial charge in [0, 0.05) is 39.1 Å². The average molecular weight is 591 g/mol. The molecule has 7 atom stereocenters. The fraction of sp³-hybridized carbons (Fsp3) is 0.733. The van der Waals surface area contributed by atoms with Crippen LogP contribution in [0.4, 0.5) is 0 Å². The minimum atomic E-state index is -1.19. The highest BCUT2D eigenvalue weighted by Gasteiger charge is 2.75. The summed E-state index contributed by atoms with van der Waals surface area (Å²) < 4.78 is 17.6. The lowest BCUT2D eigenvalue weighted by molar-refractivity contribution is -0.160. The normalized spacial score (nSPS) is 30.0. The van der Waals surface area contributed by atoms with Crippen molar-refractivity contribution in [3.63, 3.8) is 0 Å². The van der Waals surface area contributed by atoms with E-state index in [9.17, 15) is 24.3 Å². The van der Waals surface area contributed by atoms with Crippen molar-refractivity contribution < 1.29 is 38.5 Å². The number of hydrogen-bond acceptors (Lipinski definition) is 9. The highest BCUT2D eigenvalue weighted by molar-refractivity contribution is 5.98. The van der Waals surface area contributed by atoms with Crippen LogP contribution in [-0.4, -0.2) is 132 Å². The molecule has 0 saturated carbocycles. The van der Waals surface area contributed by atoms with Gasteiger partial charge in [-0.2, -0.15) is 0 Å². The summed E-state index contributed by atoms with van der Waals surface area (Å²) in [5.41, 5.74) is -1.19. The van der Waals surface area contributed by atoms with Crippen LogP contribution in [0.2, 0.25) is 0 Å². The Labute approximate surface area is 248 Å². The molecule has 42 heavy (non-hydrogen) atoms. The van der Waals surface area contributed by atoms with Crippen molar-refractivity contribution in [1.29, 1.82) is 0 Å². The van der Waals surface area contributed by atoms with Gasteiger partial charge in [-0.1, -0.05) is 12.2 Å². The number of amides is 3. The van der Waals surface area contributed by atoms with Gasteiger partial charge >= 0.3 is 5.97 Å². The number of carbonyl (C=O) groups excluding carboxylic acids is 4. The van der Waals surface area contributed by atoms with Gasteiger partial charge in [0.2, 0.25) is 17.7 Å². The molecule has 4 aliphatic heterocycles. The number of carbonyl (C=O) groups is 4. The van der Waals surface area contributed by atoms with E-state index >= 15 is 0 Å². The number of nitrogens with one attached hydrogen (secondary N) is 1. The average Bonchev–Trinajstić information content (AvgIpc) is 3.64. The first-order valence-electron chi connectivity index (χ1n) is 15.1. The smallest absolute Gasteiger partial charge is 0.312 e. The standard InChI is InChI=1S/C30H46N4O8/c1-5-7-8-23(36)31-18-21(4)41-29(39)24-22-9-10-30(42-22)25(24)27(37)34(20(3)19-35)26(30)28(38)33(11-6-2)13-12-32-14-16-40-17-15-32/h5-6,20-22,24-26,35H,1-2,7-19H2,3-4H3,(H,31,36)/t20-,21+,22-,24+,25+,26-,30+/m1/s1. The molecular weight excluding hydrogens is 544 g/mol. The Morgan fingerprint density at radius 1 is 1.24 bits per heavy atom. The predicted octanol–water partition coefficient (Wildman–Crippen LogP) is 0.103. The SMILES string of the molecule is C=CCCC(=O)NC[C@H](C)OC(=O)[C@@H]1[C@H]2C(=O)N([C@H](C)CO)[C@H](C(=O)N(CC=C)CCN3CCOCC3)[C@]23CC[C@H]1O3. The summed E-state index contributed by atoms with van der Waals surface area (Å²) >= 11 is 0. The Morgan fingerprint density at radius 3 is 2.64 bits per heavy atom. The third-order valence-corrected chi connectivity index (χ3v) is 8.91. The summed E-state index contributed by atoms with van der Waals surface area (Å²) in [6, 6.07) is -1.63. The number of ether oxygens (including phenoxy) is 3. The highest BCUT2D eigenvalue weighted by Crippen LogP contribution is 2.59. The fourth-order valence-corrected chi connectivity index (χ4v) is 6.81. The zero-order valence-corrected chi connectivity index (χ0v) is 24.9. The molecule has 4 rings (SSSR count). The number of nitrogens with zero attached hydrogens (tertiary/aromatic N) is 3. The molecule has 0 unspecified atom stereocenters. The van der Waals surface area contributed by atoms with E-state index in [2.05, 4.69) is 23.4 Å². The van der Waals surface area contributed by atoms with E-state index in [0.717, 1.165) is 13.1 Å². The van der Waals surface area contributed by atoms with Crippen molar-refractivity contribution in [2.24, 2.45) is 11.8 Å². The van der Waals surface area contributed by atoms with E-state index in [1.807, 2.05) is 0 Å². The molecule has 0 aromatic heterocycles. The van der Waals surface area contributed by atoms with Crippen LogP contribution in [0.5, 0.6) is 0 Å². The minimum absolute atomic E-state index is 0.137. The zero-order valence-electron chi connectivity index (χ0n) is 24.9. The molecule has 2 bridgehead atoms. The van der Waals surface area contributed by atoms with Gasteiger partial charge in [0.1, 0.15) is 17.7 Å². The lowest BCUT2D eigenvalue weighted by Crippen LogP contribution is -2.59. The van der Waals surface area contributed by atoms with E-state index in [4.69, 9.17) is 14.2 Å². The van der Waals surface area contributed by atoms with Crippen molar-refractivity contribution in [2.45, 2.75) is 69.4 Å². The molecule has 2 N–H and O–H groups in total. The van der Waals surface area contributed by atoms with Crippen LogP contribution in [-0.2, 0) is 33.4 Å². The molecule has 0 radical (unpaired) electrons. The van der Waals surface area contributed by atoms with E-state index in [-0.39, 0.29) is 30.9 Å². The topological polar surface area (TPSA) is 138 Å². The molecule has 12 nitrogen and oxygen atoms in total. The van der Waals surface area contributed by atoms with Crippen molar-refractivity contribution in [3.8, 4) is 0 Å². The van der Waals surface area contributed by atoms with Gasteiger partial charge in [-0.05, 0) is 33.1 Å². The predicted molar refractivity (Wildman–Crippen MR) is 153 cm³/mol. The Morgan fingerprint density at radius 2 is 1.98 bits per heavy atom. The molecule has 1 spiro atoms. The molecule has 3 amide bonds. The number of hydrogen-bond donors (Lipinski definition) is 2. The summed E-state index contributed by atoms with van der Waals surface area (Å²) in [6.45, 7) is 14.8. The lowest BCUT2D eigenvalue weighted by Gasteiger charge is -2.39. The summed E-state index contributed by atoms with van der Waals surface area (Å²) in [7, 11) is 0. The summed E-state index contributed by atoms with van der Waals surface area (Å²) in [6.07, 6.45) is 3.95. The van der Waals surface area contributed by atoms with Crippen LogP contribution in [0.15, 0.2) is 25.3 Å². The number of fused-ring (bicyclic) bond motifs is 1. The maximum Gasteiger partial charge on any atom is 0.312 e. The first kappa shape index (κ1) is 32.1. The molecule has 4 saturated heterocycles. The maximum atomic E-state index is 14.3. The highest BCUT2D eigenvalue weighted by atomic mass is 16.6. The second-order valence-electron chi connectivity index (χ2n) is 11.7. The maximum absolute atomic E-state index is 14.3. The van der Waals surface area contributed by atoms with Gasteiger partial charge in [0.15, 0.2) is 0 Å². The van der Waals surface area contributed by atoms with Crippen LogP contribution in [0.25, 0.3) is 0 Å². The third kappa shape index (κ3) is 6.41. The summed E-state index contributed by atoms with van der Waals surface area (Å²) in [5.74, 6) is -3.17. The number of rotatable bonds is 15. The number of allylic oxidation sites excluding steroid dienone is 1. The number of morpholine rings is 1. The quantitative estimate of drug-likeness (QED) is 0.201. The van der Waals surface area contributed by atoms with Crippen LogP contribution in [0.1, 0.15) is 39.5 Å². The monoisotopic (exact) mass is 590 g/mol. The van der Waals surface area contributed by atoms with Gasteiger partial charge in [0.05, 0.1) is 50.3 Å². The molecule has 4 fully saturated rings. The summed E-state index contributed by atoms with van der Waals surface area (Å²) in [5, 5.41) is 12.8. The van der Waals surface area contributed by atoms with Crippen LogP contribution in [0.3, 0.4) is 0 Å². The number of likely N-dealkylation sites (tertiary alicyclic amines) is 1. The molecular formula is C30H46N4O8. The van der Waals surface area contributed by atoms with Crippen LogP contribution >= 0.6 is 0 Å². The van der Waals surface area contributed by atoms with E-state index in [1.54, 1.807) is 30.9 Å². The molecule has 234 valence electrons. The Kier molecular flexibility index (Phi) is 10.8. The molecule has 12 heteroatoms. The van der Waals surface area contributed by atoms with Crippen molar-refractivity contribution in [3.05, 3.63) is 25.3 Å². The summed E-state index contributed by atoms with van der Waals surface area (Å²) in [4.78, 5) is 59.2. The third-order valence-electron chi connectivity index (χ3n) is 8.91. The van der Waals surface area contributed by atoms with Gasteiger partial charge < -0.3 is 34.4 Å². The molecule has 0 aliphatic carbocycles. The largest absolute Gasteiger partial charge is 0.460 e. The number of aliphatic hydroxyl groups excluding tert-OH is 1. The zero-order chi connectivity index (χ0) is 30.4. The first-order chi connectivity index (χ1) is 20.2. The van der Waals surface area contributed by atoms with E-state index in [0.29, 0.717) is 58.5 Å². The van der Waals surface area contributed by atoms with Gasteiger partial charge in [-0.15, -0.1) is 13.2 Å². The van der Waals surface area contributed by atoms with Crippen LogP contribution < -0.4 is 5.32 Å². The van der Waals surface area contributed by atoms with Gasteiger partial charge in [-0.25, -0.2) is 0 Å². The number of aliphatic hydroxyl groups is 1. The lowest BCUT2D eigenvalue weighted by atomic mass is 9.70. The van der Waals surface area contributed by atoms with E-state index in [1.165, 1.54) is 4.90 Å². The Balaban J connectivity index is 1.52.